The van der Waals surface area contributed by atoms with E-state index in [-0.39, 0.29) is 25.2 Å². The summed E-state index contributed by atoms with van der Waals surface area (Å²) in [6.45, 7) is 1.97. The first-order valence-corrected chi connectivity index (χ1v) is 9.46. The lowest BCUT2D eigenvalue weighted by molar-refractivity contribution is 0.0377. The molecule has 0 amide bonds. The van der Waals surface area contributed by atoms with Crippen molar-refractivity contribution in [2.24, 2.45) is 0 Å². The number of benzene rings is 2. The zero-order chi connectivity index (χ0) is 19.9. The maximum absolute atomic E-state index is 13.1. The Hall–Kier alpha value is -2.37. The maximum Gasteiger partial charge on any atom is 0.147 e. The summed E-state index contributed by atoms with van der Waals surface area (Å²) in [5, 5.41) is 10.1. The van der Waals surface area contributed by atoms with Crippen molar-refractivity contribution in [3.8, 4) is 5.75 Å². The quantitative estimate of drug-likeness (QED) is 0.719. The summed E-state index contributed by atoms with van der Waals surface area (Å²) in [4.78, 5) is 15.7. The Morgan fingerprint density at radius 1 is 1.14 bits per heavy atom. The molecule has 28 heavy (non-hydrogen) atoms. The van der Waals surface area contributed by atoms with Crippen LogP contribution in [0.3, 0.4) is 0 Å². The van der Waals surface area contributed by atoms with Gasteiger partial charge in [-0.3, -0.25) is 4.90 Å². The monoisotopic (exact) mass is 404 g/mol. The van der Waals surface area contributed by atoms with Crippen molar-refractivity contribution in [1.29, 1.82) is 0 Å². The van der Waals surface area contributed by atoms with Gasteiger partial charge in [0.05, 0.1) is 6.04 Å². The third-order valence-electron chi connectivity index (χ3n) is 4.76. The Balaban J connectivity index is 1.69. The van der Waals surface area contributed by atoms with E-state index < -0.39 is 0 Å². The Labute approximate surface area is 168 Å². The molecular formula is C21H22ClFN2O3. The fraction of sp³-hybridized carbons (Fsp3) is 0.333. The summed E-state index contributed by atoms with van der Waals surface area (Å²) >= 11 is 5.89. The van der Waals surface area contributed by atoms with Crippen LogP contribution in [0, 0.1) is 5.82 Å². The Kier molecular flexibility index (Phi) is 7.06. The summed E-state index contributed by atoms with van der Waals surface area (Å²) in [6, 6.07) is 13.0. The number of hydrogen-bond donors (Lipinski definition) is 1. The van der Waals surface area contributed by atoms with E-state index in [1.807, 2.05) is 15.7 Å². The molecule has 1 unspecified atom stereocenters. The Bertz CT molecular complexity index is 823. The van der Waals surface area contributed by atoms with Gasteiger partial charge >= 0.3 is 0 Å². The number of hydrogen-bond acceptors (Lipinski definition) is 5. The van der Waals surface area contributed by atoms with Crippen molar-refractivity contribution in [3.05, 3.63) is 70.6 Å². The summed E-state index contributed by atoms with van der Waals surface area (Å²) in [6.07, 6.45) is 0.397. The van der Waals surface area contributed by atoms with Gasteiger partial charge in [-0.2, -0.15) is 0 Å². The van der Waals surface area contributed by atoms with E-state index in [2.05, 4.69) is 0 Å². The molecule has 1 N–H and O–H groups in total. The average Bonchev–Trinajstić information content (AvgIpc) is 2.70. The molecule has 2 aromatic carbocycles. The van der Waals surface area contributed by atoms with Crippen LogP contribution in [0.5, 0.6) is 5.75 Å². The van der Waals surface area contributed by atoms with Crippen molar-refractivity contribution >= 4 is 17.5 Å². The lowest BCUT2D eigenvalue weighted by atomic mass is 10.0. The van der Waals surface area contributed by atoms with E-state index in [0.717, 1.165) is 5.56 Å². The predicted molar refractivity (Wildman–Crippen MR) is 105 cm³/mol. The minimum absolute atomic E-state index is 0.0579. The predicted octanol–water partition coefficient (Wildman–Crippen LogP) is 3.10. The SMILES string of the molecule is O=C=C1C(CCO)N(COc2ccc(Cl)cc2)CCN1Cc1ccc(F)cc1. The van der Waals surface area contributed by atoms with Crippen LogP contribution >= 0.6 is 11.6 Å². The number of halogens is 2. The number of aliphatic hydroxyl groups excluding tert-OH is 1. The van der Waals surface area contributed by atoms with Crippen LogP contribution in [0.4, 0.5) is 4.39 Å². The highest BCUT2D eigenvalue weighted by Gasteiger charge is 2.32. The van der Waals surface area contributed by atoms with Crippen molar-refractivity contribution in [2.75, 3.05) is 26.4 Å². The normalized spacial score (nSPS) is 17.5. The minimum atomic E-state index is -0.302. The molecule has 0 radical (unpaired) electrons. The van der Waals surface area contributed by atoms with Crippen LogP contribution in [0.2, 0.25) is 5.02 Å². The van der Waals surface area contributed by atoms with E-state index in [1.54, 1.807) is 36.4 Å². The number of rotatable bonds is 7. The summed E-state index contributed by atoms with van der Waals surface area (Å²) in [5.74, 6) is 2.43. The molecule has 5 nitrogen and oxygen atoms in total. The highest BCUT2D eigenvalue weighted by molar-refractivity contribution is 6.30. The maximum atomic E-state index is 13.1. The molecule has 1 saturated heterocycles. The van der Waals surface area contributed by atoms with Crippen molar-refractivity contribution in [3.63, 3.8) is 0 Å². The number of aliphatic hydroxyl groups is 1. The van der Waals surface area contributed by atoms with E-state index in [0.29, 0.717) is 42.5 Å². The van der Waals surface area contributed by atoms with Crippen LogP contribution in [0.1, 0.15) is 12.0 Å². The lowest BCUT2D eigenvalue weighted by Gasteiger charge is -2.42. The third kappa shape index (κ3) is 5.12. The smallest absolute Gasteiger partial charge is 0.147 e. The molecule has 1 heterocycles. The van der Waals surface area contributed by atoms with E-state index in [4.69, 9.17) is 16.3 Å². The second-order valence-electron chi connectivity index (χ2n) is 6.60. The van der Waals surface area contributed by atoms with Gasteiger partial charge < -0.3 is 14.7 Å². The van der Waals surface area contributed by atoms with Gasteiger partial charge in [-0.1, -0.05) is 23.7 Å². The highest BCUT2D eigenvalue weighted by atomic mass is 35.5. The van der Waals surface area contributed by atoms with Crippen molar-refractivity contribution < 1.29 is 19.0 Å². The van der Waals surface area contributed by atoms with E-state index in [1.165, 1.54) is 12.1 Å². The molecule has 7 heteroatoms. The Morgan fingerprint density at radius 3 is 2.50 bits per heavy atom. The molecule has 1 fully saturated rings. The largest absolute Gasteiger partial charge is 0.478 e. The van der Waals surface area contributed by atoms with Gasteiger partial charge in [-0.25, -0.2) is 9.18 Å². The van der Waals surface area contributed by atoms with Crippen LogP contribution < -0.4 is 4.74 Å². The topological polar surface area (TPSA) is 53.0 Å². The fourth-order valence-electron chi connectivity index (χ4n) is 3.30. The highest BCUT2D eigenvalue weighted by Crippen LogP contribution is 2.24. The van der Waals surface area contributed by atoms with Crippen molar-refractivity contribution in [1.82, 2.24) is 9.80 Å². The van der Waals surface area contributed by atoms with Crippen LogP contribution in [-0.2, 0) is 11.3 Å². The molecule has 0 bridgehead atoms. The number of ether oxygens (including phenoxy) is 1. The standard InChI is InChI=1S/C21H22ClFN2O3/c22-17-3-7-19(8-4-17)28-15-25-11-10-24(21(14-27)20(25)9-12-26)13-16-1-5-18(23)6-2-16/h1-8,20,26H,9-13,15H2. The minimum Gasteiger partial charge on any atom is -0.478 e. The van der Waals surface area contributed by atoms with Gasteiger partial charge in [0.15, 0.2) is 0 Å². The number of nitrogens with zero attached hydrogens (tertiary/aromatic N) is 2. The van der Waals surface area contributed by atoms with Crippen LogP contribution in [0.25, 0.3) is 0 Å². The molecule has 0 spiro atoms. The van der Waals surface area contributed by atoms with Gasteiger partial charge in [-0.15, -0.1) is 0 Å². The van der Waals surface area contributed by atoms with Gasteiger partial charge in [-0.05, 0) is 48.4 Å². The number of carbonyl (C=O) groups excluding carboxylic acids is 1. The summed E-state index contributed by atoms with van der Waals surface area (Å²) in [5.41, 5.74) is 1.38. The van der Waals surface area contributed by atoms with E-state index >= 15 is 0 Å². The van der Waals surface area contributed by atoms with Gasteiger partial charge in [0, 0.05) is 31.3 Å². The van der Waals surface area contributed by atoms with Crippen LogP contribution in [-0.4, -0.2) is 53.3 Å². The second kappa shape index (κ2) is 9.71. The van der Waals surface area contributed by atoms with E-state index in [9.17, 15) is 14.3 Å². The first-order valence-electron chi connectivity index (χ1n) is 9.08. The van der Waals surface area contributed by atoms with Crippen LogP contribution in [0.15, 0.2) is 54.2 Å². The molecular weight excluding hydrogens is 383 g/mol. The van der Waals surface area contributed by atoms with Gasteiger partial charge in [0.2, 0.25) is 0 Å². The molecule has 2 aromatic rings. The molecule has 0 aromatic heterocycles. The van der Waals surface area contributed by atoms with Gasteiger partial charge in [0.1, 0.15) is 29.9 Å². The molecule has 0 saturated carbocycles. The molecule has 3 rings (SSSR count). The third-order valence-corrected chi connectivity index (χ3v) is 5.01. The zero-order valence-corrected chi connectivity index (χ0v) is 16.1. The average molecular weight is 405 g/mol. The Morgan fingerprint density at radius 2 is 1.86 bits per heavy atom. The fourth-order valence-corrected chi connectivity index (χ4v) is 3.43. The summed E-state index contributed by atoms with van der Waals surface area (Å²) in [7, 11) is 0. The lowest BCUT2D eigenvalue weighted by Crippen LogP contribution is -2.52. The second-order valence-corrected chi connectivity index (χ2v) is 7.04. The van der Waals surface area contributed by atoms with Gasteiger partial charge in [0.25, 0.3) is 0 Å². The molecule has 148 valence electrons. The first kappa shape index (κ1) is 20.4. The first-order chi connectivity index (χ1) is 13.6. The molecule has 1 aliphatic heterocycles. The van der Waals surface area contributed by atoms with Crippen molar-refractivity contribution in [2.45, 2.75) is 19.0 Å². The summed E-state index contributed by atoms with van der Waals surface area (Å²) < 4.78 is 19.0. The molecule has 1 atom stereocenters. The number of piperazine rings is 1. The molecule has 1 aliphatic rings. The zero-order valence-electron chi connectivity index (χ0n) is 15.4. The molecule has 0 aliphatic carbocycles.